The third-order valence-electron chi connectivity index (χ3n) is 6.93. The first-order chi connectivity index (χ1) is 27.9. The van der Waals surface area contributed by atoms with Crippen LogP contribution >= 0.6 is 34.2 Å². The standard InChI is InChI=1S/C20H32N6O12S2.C10H17N3O6S/c21-9(19(35)36)1-3-13(27)25-11(17(33)23-5-15(29)30)7-39-40-8-12(18(34)24-6-16(31)32)26-14(28)4-2-10(22)20(37)38;11-5(10(18)19)1-2-7(14)13-6(4-20)9(17)12-3-8(15)16/h9-12H,1-8,21-22H2,(H,23,33)(H,24,34)(H,25,27)(H,26,28)(H,29,30)(H,31,32)(H,35,36)(H,37,38);5-6,20H,1-4,11H2,(H,12,17)(H,13,14)(H,15,16)(H,18,19)/t9-,10-,11-,12-;5-,6-/m00/s1. The van der Waals surface area contributed by atoms with Gasteiger partial charge in [-0.25, -0.2) is 0 Å². The fraction of sp³-hybridized carbons (Fsp3) is 0.600. The number of hydrogen-bond acceptors (Lipinski definition) is 18. The molecule has 0 aromatic carbocycles. The average molecular weight is 920 g/mol. The number of rotatable bonds is 30. The summed E-state index contributed by atoms with van der Waals surface area (Å²) >= 11 is 3.87. The molecule has 0 unspecified atom stereocenters. The lowest BCUT2D eigenvalue weighted by Crippen LogP contribution is -2.50. The summed E-state index contributed by atoms with van der Waals surface area (Å²) in [5.74, 6) is -12.5. The van der Waals surface area contributed by atoms with Gasteiger partial charge in [0.2, 0.25) is 35.4 Å². The molecule has 0 bridgehead atoms. The van der Waals surface area contributed by atoms with E-state index in [1.807, 2.05) is 0 Å². The molecule has 6 amide bonds. The largest absolute Gasteiger partial charge is 0.480 e. The number of amides is 6. The van der Waals surface area contributed by atoms with E-state index in [0.29, 0.717) is 0 Å². The van der Waals surface area contributed by atoms with Gasteiger partial charge >= 0.3 is 35.8 Å². The summed E-state index contributed by atoms with van der Waals surface area (Å²) in [6.45, 7) is -2.05. The molecule has 27 nitrogen and oxygen atoms in total. The first-order valence-electron chi connectivity index (χ1n) is 17.1. The summed E-state index contributed by atoms with van der Waals surface area (Å²) in [5.41, 5.74) is 15.9. The number of carbonyl (C=O) groups excluding carboxylic acids is 6. The van der Waals surface area contributed by atoms with Crippen molar-refractivity contribution in [2.75, 3.05) is 36.9 Å². The van der Waals surface area contributed by atoms with Gasteiger partial charge < -0.3 is 79.7 Å². The van der Waals surface area contributed by atoms with Gasteiger partial charge in [0, 0.05) is 36.5 Å². The molecule has 0 aromatic heterocycles. The highest BCUT2D eigenvalue weighted by Gasteiger charge is 2.26. The molecule has 30 heteroatoms. The Morgan fingerprint density at radius 1 is 0.450 bits per heavy atom. The third kappa shape index (κ3) is 28.9. The lowest BCUT2D eigenvalue weighted by molar-refractivity contribution is -0.140. The molecular formula is C30H49N9O18S3. The van der Waals surface area contributed by atoms with Crippen molar-refractivity contribution in [3.05, 3.63) is 0 Å². The average Bonchev–Trinajstić information content (AvgIpc) is 3.17. The quantitative estimate of drug-likeness (QED) is 0.0181. The molecule has 18 N–H and O–H groups in total. The van der Waals surface area contributed by atoms with Crippen LogP contribution in [0.3, 0.4) is 0 Å². The minimum atomic E-state index is -1.34. The van der Waals surface area contributed by atoms with Crippen LogP contribution in [0.2, 0.25) is 0 Å². The SMILES string of the molecule is N[C@@H](CCC(=O)N[C@@H](CS)C(=O)NCC(=O)O)C(=O)O.N[C@@H](CCC(=O)N[C@@H](CSSC[C@H](NC(=O)CC[C@H](N)C(=O)O)C(=O)NCC(=O)O)C(=O)NCC(=O)O)C(=O)O. The van der Waals surface area contributed by atoms with Crippen LogP contribution < -0.4 is 49.1 Å². The van der Waals surface area contributed by atoms with Crippen LogP contribution in [0.5, 0.6) is 0 Å². The van der Waals surface area contributed by atoms with E-state index in [9.17, 15) is 57.5 Å². The molecule has 6 atom stereocenters. The number of thiol groups is 1. The molecule has 0 radical (unpaired) electrons. The Bertz CT molecular complexity index is 1470. The maximum Gasteiger partial charge on any atom is 0.322 e. The maximum atomic E-state index is 12.4. The van der Waals surface area contributed by atoms with E-state index >= 15 is 0 Å². The van der Waals surface area contributed by atoms with Crippen molar-refractivity contribution in [1.29, 1.82) is 0 Å². The second-order valence-corrected chi connectivity index (χ2v) is 14.8. The van der Waals surface area contributed by atoms with E-state index in [0.717, 1.165) is 21.6 Å². The number of nitrogens with one attached hydrogen (secondary N) is 6. The molecule has 0 aliphatic rings. The summed E-state index contributed by atoms with van der Waals surface area (Å²) in [6, 6.07) is -7.31. The van der Waals surface area contributed by atoms with Gasteiger partial charge in [0.25, 0.3) is 0 Å². The minimum absolute atomic E-state index is 0.0256. The Morgan fingerprint density at radius 2 is 0.700 bits per heavy atom. The predicted molar refractivity (Wildman–Crippen MR) is 211 cm³/mol. The lowest BCUT2D eigenvalue weighted by Gasteiger charge is -2.20. The fourth-order valence-electron chi connectivity index (χ4n) is 3.68. The first-order valence-corrected chi connectivity index (χ1v) is 20.2. The summed E-state index contributed by atoms with van der Waals surface area (Å²) in [6.07, 6.45) is -1.36. The lowest BCUT2D eigenvalue weighted by atomic mass is 10.1. The zero-order valence-electron chi connectivity index (χ0n) is 31.5. The molecule has 0 aromatic rings. The number of hydrogen-bond donors (Lipinski definition) is 16. The van der Waals surface area contributed by atoms with E-state index < -0.39 is 127 Å². The normalized spacial score (nSPS) is 13.4. The Hall–Kier alpha value is -5.43. The Kier molecular flexibility index (Phi) is 29.7. The monoisotopic (exact) mass is 919 g/mol. The zero-order valence-corrected chi connectivity index (χ0v) is 34.1. The summed E-state index contributed by atoms with van der Waals surface area (Å²) in [5, 5.41) is 65.4. The van der Waals surface area contributed by atoms with Crippen molar-refractivity contribution >= 4 is 105 Å². The number of nitrogens with two attached hydrogens (primary N) is 3. The molecule has 340 valence electrons. The molecule has 0 aliphatic carbocycles. The first kappa shape index (κ1) is 56.7. The maximum absolute atomic E-state index is 12.4. The van der Waals surface area contributed by atoms with Crippen molar-refractivity contribution in [1.82, 2.24) is 31.9 Å². The molecule has 0 rings (SSSR count). The molecule has 0 heterocycles. The van der Waals surface area contributed by atoms with Crippen molar-refractivity contribution in [3.8, 4) is 0 Å². The van der Waals surface area contributed by atoms with Gasteiger partial charge in [0.05, 0.1) is 0 Å². The summed E-state index contributed by atoms with van der Waals surface area (Å²) in [4.78, 5) is 136. The molecular weight excluding hydrogens is 871 g/mol. The van der Waals surface area contributed by atoms with Gasteiger partial charge in [-0.2, -0.15) is 12.6 Å². The molecule has 0 aliphatic heterocycles. The van der Waals surface area contributed by atoms with Crippen molar-refractivity contribution in [3.63, 3.8) is 0 Å². The molecule has 0 fully saturated rings. The van der Waals surface area contributed by atoms with Gasteiger partial charge in [-0.3, -0.25) is 57.5 Å². The van der Waals surface area contributed by atoms with Crippen molar-refractivity contribution < 1.29 is 88.2 Å². The van der Waals surface area contributed by atoms with Gasteiger partial charge in [-0.05, 0) is 19.3 Å². The van der Waals surface area contributed by atoms with Crippen LogP contribution in [0.4, 0.5) is 0 Å². The van der Waals surface area contributed by atoms with Crippen LogP contribution in [0.1, 0.15) is 38.5 Å². The van der Waals surface area contributed by atoms with Gasteiger partial charge in [-0.1, -0.05) is 21.6 Å². The second kappa shape index (κ2) is 31.5. The number of aliphatic carboxylic acids is 6. The van der Waals surface area contributed by atoms with Crippen LogP contribution in [0, 0.1) is 0 Å². The number of carboxylic acids is 6. The molecule has 0 saturated carbocycles. The van der Waals surface area contributed by atoms with Crippen molar-refractivity contribution in [2.45, 2.75) is 74.8 Å². The molecule has 60 heavy (non-hydrogen) atoms. The highest BCUT2D eigenvalue weighted by Crippen LogP contribution is 2.23. The summed E-state index contributed by atoms with van der Waals surface area (Å²) in [7, 11) is 1.89. The van der Waals surface area contributed by atoms with Crippen LogP contribution in [0.15, 0.2) is 0 Å². The predicted octanol–water partition coefficient (Wildman–Crippen LogP) is -6.08. The highest BCUT2D eigenvalue weighted by molar-refractivity contribution is 8.76. The Morgan fingerprint density at radius 3 is 0.933 bits per heavy atom. The topological polar surface area (TPSA) is 476 Å². The smallest absolute Gasteiger partial charge is 0.322 e. The van der Waals surface area contributed by atoms with Crippen LogP contribution in [-0.2, 0) is 57.5 Å². The van der Waals surface area contributed by atoms with Crippen LogP contribution in [-0.4, -0.2) is 175 Å². The van der Waals surface area contributed by atoms with Crippen molar-refractivity contribution in [2.24, 2.45) is 17.2 Å². The van der Waals surface area contributed by atoms with E-state index in [1.165, 1.54) is 0 Å². The zero-order chi connectivity index (χ0) is 46.5. The van der Waals surface area contributed by atoms with E-state index in [4.69, 9.17) is 47.8 Å². The second-order valence-electron chi connectivity index (χ2n) is 11.9. The van der Waals surface area contributed by atoms with E-state index in [2.05, 4.69) is 44.5 Å². The molecule has 0 saturated heterocycles. The Balaban J connectivity index is 0. The van der Waals surface area contributed by atoms with Gasteiger partial charge in [0.1, 0.15) is 55.9 Å². The highest BCUT2D eigenvalue weighted by atomic mass is 33.1. The van der Waals surface area contributed by atoms with Crippen LogP contribution in [0.25, 0.3) is 0 Å². The number of carboxylic acid groups (broad SMARTS) is 6. The minimum Gasteiger partial charge on any atom is -0.480 e. The van der Waals surface area contributed by atoms with Gasteiger partial charge in [0.15, 0.2) is 0 Å². The fourth-order valence-corrected chi connectivity index (χ4v) is 6.26. The number of carbonyl (C=O) groups is 12. The van der Waals surface area contributed by atoms with Gasteiger partial charge in [-0.15, -0.1) is 0 Å². The Labute approximate surface area is 353 Å². The summed E-state index contributed by atoms with van der Waals surface area (Å²) < 4.78 is 0. The third-order valence-corrected chi connectivity index (χ3v) is 9.72. The van der Waals surface area contributed by atoms with E-state index in [1.54, 1.807) is 0 Å². The van der Waals surface area contributed by atoms with E-state index in [-0.39, 0.29) is 55.8 Å². The molecule has 0 spiro atoms.